The Morgan fingerprint density at radius 1 is 1.71 bits per heavy atom. The number of nitrogens with zero attached hydrogens (tertiary/aromatic N) is 2. The number of ether oxygens (including phenoxy) is 1. The number of esters is 1. The van der Waals surface area contributed by atoms with Crippen LogP contribution < -0.4 is 0 Å². The second kappa shape index (κ2) is 7.08. The van der Waals surface area contributed by atoms with Gasteiger partial charge in [-0.3, -0.25) is 9.69 Å². The summed E-state index contributed by atoms with van der Waals surface area (Å²) in [4.78, 5) is 13.9. The lowest BCUT2D eigenvalue weighted by atomic mass is 9.88. The van der Waals surface area contributed by atoms with E-state index in [1.165, 1.54) is 0 Å². The number of carbonyl (C=O) groups is 1. The van der Waals surface area contributed by atoms with Crippen molar-refractivity contribution in [2.45, 2.75) is 32.2 Å². The SMILES string of the molecule is C=CCN1CCC(CC#N)CC1C(=O)OCC. The van der Waals surface area contributed by atoms with Gasteiger partial charge in [-0.15, -0.1) is 6.58 Å². The predicted molar refractivity (Wildman–Crippen MR) is 65.1 cm³/mol. The number of piperidine rings is 1. The highest BCUT2D eigenvalue weighted by Gasteiger charge is 2.33. The molecule has 0 aromatic rings. The van der Waals surface area contributed by atoms with E-state index in [9.17, 15) is 4.79 Å². The van der Waals surface area contributed by atoms with Crippen molar-refractivity contribution in [2.75, 3.05) is 19.7 Å². The fraction of sp³-hybridized carbons (Fsp3) is 0.692. The standard InChI is InChI=1S/C13H20N2O2/c1-3-8-15-9-6-11(5-7-14)10-12(15)13(16)17-4-2/h3,11-12H,1,4-6,8-10H2,2H3. The third-order valence-corrected chi connectivity index (χ3v) is 3.12. The van der Waals surface area contributed by atoms with Gasteiger partial charge < -0.3 is 4.74 Å². The molecule has 1 aliphatic rings. The van der Waals surface area contributed by atoms with Crippen molar-refractivity contribution in [2.24, 2.45) is 5.92 Å². The molecular formula is C13H20N2O2. The molecule has 4 nitrogen and oxygen atoms in total. The zero-order valence-corrected chi connectivity index (χ0v) is 10.4. The minimum Gasteiger partial charge on any atom is -0.465 e. The van der Waals surface area contributed by atoms with E-state index in [1.807, 2.05) is 6.92 Å². The molecule has 1 aliphatic heterocycles. The van der Waals surface area contributed by atoms with Gasteiger partial charge in [0.25, 0.3) is 0 Å². The molecule has 1 heterocycles. The number of hydrogen-bond acceptors (Lipinski definition) is 4. The van der Waals surface area contributed by atoms with Crippen molar-refractivity contribution in [3.8, 4) is 6.07 Å². The number of nitriles is 1. The quantitative estimate of drug-likeness (QED) is 0.539. The fourth-order valence-corrected chi connectivity index (χ4v) is 2.27. The lowest BCUT2D eigenvalue weighted by Crippen LogP contribution is -2.47. The van der Waals surface area contributed by atoms with Gasteiger partial charge >= 0.3 is 5.97 Å². The van der Waals surface area contributed by atoms with Gasteiger partial charge in [-0.2, -0.15) is 5.26 Å². The molecule has 0 aromatic heterocycles. The van der Waals surface area contributed by atoms with Crippen molar-refractivity contribution in [3.63, 3.8) is 0 Å². The summed E-state index contributed by atoms with van der Waals surface area (Å²) in [6.07, 6.45) is 4.02. The normalized spacial score (nSPS) is 24.9. The first-order valence-corrected chi connectivity index (χ1v) is 6.11. The van der Waals surface area contributed by atoms with Crippen molar-refractivity contribution in [3.05, 3.63) is 12.7 Å². The molecule has 0 saturated carbocycles. The summed E-state index contributed by atoms with van der Waals surface area (Å²) in [5, 5.41) is 8.72. The molecule has 2 unspecified atom stereocenters. The summed E-state index contributed by atoms with van der Waals surface area (Å²) in [6.45, 7) is 7.45. The number of carbonyl (C=O) groups excluding carboxylic acids is 1. The highest BCUT2D eigenvalue weighted by atomic mass is 16.5. The summed E-state index contributed by atoms with van der Waals surface area (Å²) >= 11 is 0. The summed E-state index contributed by atoms with van der Waals surface area (Å²) in [7, 11) is 0. The third kappa shape index (κ3) is 3.86. The summed E-state index contributed by atoms with van der Waals surface area (Å²) in [5.74, 6) is 0.146. The molecule has 0 N–H and O–H groups in total. The molecule has 1 saturated heterocycles. The van der Waals surface area contributed by atoms with Gasteiger partial charge in [-0.1, -0.05) is 6.08 Å². The molecule has 94 valence electrons. The molecular weight excluding hydrogens is 216 g/mol. The first-order valence-electron chi connectivity index (χ1n) is 6.11. The smallest absolute Gasteiger partial charge is 0.323 e. The molecule has 0 aliphatic carbocycles. The molecule has 0 amide bonds. The Morgan fingerprint density at radius 2 is 2.47 bits per heavy atom. The van der Waals surface area contributed by atoms with Crippen molar-refractivity contribution >= 4 is 5.97 Å². The number of hydrogen-bond donors (Lipinski definition) is 0. The van der Waals surface area contributed by atoms with Crippen LogP contribution in [0.25, 0.3) is 0 Å². The molecule has 4 heteroatoms. The van der Waals surface area contributed by atoms with E-state index in [0.29, 0.717) is 25.5 Å². The highest BCUT2D eigenvalue weighted by Crippen LogP contribution is 2.25. The zero-order chi connectivity index (χ0) is 12.7. The van der Waals surface area contributed by atoms with Crippen LogP contribution in [-0.4, -0.2) is 36.6 Å². The Bertz CT molecular complexity index is 309. The van der Waals surface area contributed by atoms with Gasteiger partial charge in [-0.05, 0) is 32.2 Å². The molecule has 0 spiro atoms. The van der Waals surface area contributed by atoms with Crippen LogP contribution in [0, 0.1) is 17.2 Å². The Hall–Kier alpha value is -1.34. The molecule has 0 radical (unpaired) electrons. The van der Waals surface area contributed by atoms with Gasteiger partial charge in [0, 0.05) is 13.0 Å². The maximum Gasteiger partial charge on any atom is 0.323 e. The van der Waals surface area contributed by atoms with Crippen LogP contribution in [0.15, 0.2) is 12.7 Å². The predicted octanol–water partition coefficient (Wildman–Crippen LogP) is 1.73. The highest BCUT2D eigenvalue weighted by molar-refractivity contribution is 5.76. The van der Waals surface area contributed by atoms with Crippen molar-refractivity contribution < 1.29 is 9.53 Å². The van der Waals surface area contributed by atoms with Gasteiger partial charge in [0.15, 0.2) is 0 Å². The second-order valence-corrected chi connectivity index (χ2v) is 4.30. The van der Waals surface area contributed by atoms with Gasteiger partial charge in [0.2, 0.25) is 0 Å². The molecule has 17 heavy (non-hydrogen) atoms. The van der Waals surface area contributed by atoms with Crippen molar-refractivity contribution in [1.82, 2.24) is 4.90 Å². The Morgan fingerprint density at radius 3 is 3.06 bits per heavy atom. The van der Waals surface area contributed by atoms with Crippen LogP contribution in [0.3, 0.4) is 0 Å². The van der Waals surface area contributed by atoms with E-state index in [1.54, 1.807) is 6.08 Å². The van der Waals surface area contributed by atoms with E-state index >= 15 is 0 Å². The molecule has 1 fully saturated rings. The lowest BCUT2D eigenvalue weighted by molar-refractivity contribution is -0.151. The Kier molecular flexibility index (Phi) is 5.71. The first-order chi connectivity index (χ1) is 8.22. The fourth-order valence-electron chi connectivity index (χ4n) is 2.27. The van der Waals surface area contributed by atoms with E-state index in [4.69, 9.17) is 10.00 Å². The molecule has 1 rings (SSSR count). The molecule has 0 aromatic carbocycles. The minimum absolute atomic E-state index is 0.169. The van der Waals surface area contributed by atoms with Crippen LogP contribution in [0.4, 0.5) is 0 Å². The largest absolute Gasteiger partial charge is 0.465 e. The number of likely N-dealkylation sites (tertiary alicyclic amines) is 1. The van der Waals surface area contributed by atoms with Crippen molar-refractivity contribution in [1.29, 1.82) is 5.26 Å². The van der Waals surface area contributed by atoms with Gasteiger partial charge in [0.1, 0.15) is 6.04 Å². The summed E-state index contributed by atoms with van der Waals surface area (Å²) in [5.41, 5.74) is 0. The van der Waals surface area contributed by atoms with Crippen LogP contribution in [-0.2, 0) is 9.53 Å². The number of rotatable bonds is 5. The average Bonchev–Trinajstić information content (AvgIpc) is 2.32. The van der Waals surface area contributed by atoms with Crippen LogP contribution >= 0.6 is 0 Å². The van der Waals surface area contributed by atoms with Gasteiger partial charge in [0.05, 0.1) is 12.7 Å². The topological polar surface area (TPSA) is 53.3 Å². The van der Waals surface area contributed by atoms with E-state index in [0.717, 1.165) is 19.4 Å². The van der Waals surface area contributed by atoms with E-state index in [2.05, 4.69) is 17.5 Å². The van der Waals surface area contributed by atoms with E-state index in [-0.39, 0.29) is 12.0 Å². The Labute approximate surface area is 103 Å². The van der Waals surface area contributed by atoms with E-state index < -0.39 is 0 Å². The zero-order valence-electron chi connectivity index (χ0n) is 10.4. The van der Waals surface area contributed by atoms with Gasteiger partial charge in [-0.25, -0.2) is 0 Å². The maximum absolute atomic E-state index is 11.9. The maximum atomic E-state index is 11.9. The summed E-state index contributed by atoms with van der Waals surface area (Å²) in [6, 6.07) is 1.98. The third-order valence-electron chi connectivity index (χ3n) is 3.12. The van der Waals surface area contributed by atoms with Crippen LogP contribution in [0.2, 0.25) is 0 Å². The molecule has 2 atom stereocenters. The first kappa shape index (κ1) is 13.7. The minimum atomic E-state index is -0.208. The van der Waals surface area contributed by atoms with Crippen LogP contribution in [0.5, 0.6) is 0 Å². The summed E-state index contributed by atoms with van der Waals surface area (Å²) < 4.78 is 5.09. The molecule has 0 bridgehead atoms. The Balaban J connectivity index is 2.65. The second-order valence-electron chi connectivity index (χ2n) is 4.30. The monoisotopic (exact) mass is 236 g/mol. The lowest BCUT2D eigenvalue weighted by Gasteiger charge is -2.36. The van der Waals surface area contributed by atoms with Crippen LogP contribution in [0.1, 0.15) is 26.2 Å². The average molecular weight is 236 g/mol.